The molecule has 0 saturated heterocycles. The number of hydrogen-bond acceptors (Lipinski definition) is 5. The minimum Gasteiger partial charge on any atom is -0.273 e. The second-order valence-corrected chi connectivity index (χ2v) is 9.14. The number of rotatable bonds is 5. The minimum absolute atomic E-state index is 0.0277. The predicted octanol–water partition coefficient (Wildman–Crippen LogP) is 1.82. The molecule has 0 aliphatic heterocycles. The van der Waals surface area contributed by atoms with Crippen molar-refractivity contribution in [2.24, 2.45) is 23.2 Å². The molecule has 2 amide bonds. The molecular formula is C21H26N6O2. The van der Waals surface area contributed by atoms with Gasteiger partial charge in [-0.15, -0.1) is 5.10 Å². The summed E-state index contributed by atoms with van der Waals surface area (Å²) in [6.07, 6.45) is 8.56. The molecule has 0 radical (unpaired) electrons. The van der Waals surface area contributed by atoms with Crippen LogP contribution in [0.4, 0.5) is 0 Å². The van der Waals surface area contributed by atoms with Crippen LogP contribution in [0.5, 0.6) is 0 Å². The number of carbonyl (C=O) groups excluding carboxylic acids is 2. The van der Waals surface area contributed by atoms with Crippen molar-refractivity contribution in [2.45, 2.75) is 51.0 Å². The third kappa shape index (κ3) is 3.52. The molecule has 4 fully saturated rings. The quantitative estimate of drug-likeness (QED) is 0.753. The molecule has 1 aromatic heterocycles. The van der Waals surface area contributed by atoms with E-state index >= 15 is 0 Å². The first-order chi connectivity index (χ1) is 14.1. The van der Waals surface area contributed by atoms with Gasteiger partial charge in [0.25, 0.3) is 5.91 Å². The van der Waals surface area contributed by atoms with Crippen LogP contribution in [0, 0.1) is 23.2 Å². The van der Waals surface area contributed by atoms with Gasteiger partial charge in [0.15, 0.2) is 0 Å². The molecular weight excluding hydrogens is 368 g/mol. The summed E-state index contributed by atoms with van der Waals surface area (Å²) in [4.78, 5) is 26.0. The van der Waals surface area contributed by atoms with Gasteiger partial charge in [-0.2, -0.15) is 0 Å². The van der Waals surface area contributed by atoms with Crippen molar-refractivity contribution in [1.29, 1.82) is 0 Å². The highest BCUT2D eigenvalue weighted by atomic mass is 16.2. The first-order valence-electron chi connectivity index (χ1n) is 10.5. The Kier molecular flexibility index (Phi) is 4.56. The second-order valence-electron chi connectivity index (χ2n) is 9.14. The lowest BCUT2D eigenvalue weighted by atomic mass is 9.49. The third-order valence-electron chi connectivity index (χ3n) is 7.08. The molecule has 2 N–H and O–H groups in total. The van der Waals surface area contributed by atoms with E-state index in [4.69, 9.17) is 0 Å². The molecule has 29 heavy (non-hydrogen) atoms. The molecule has 1 unspecified atom stereocenters. The van der Waals surface area contributed by atoms with Gasteiger partial charge in [-0.05, 0) is 72.3 Å². The van der Waals surface area contributed by atoms with Gasteiger partial charge < -0.3 is 0 Å². The monoisotopic (exact) mass is 394 g/mol. The van der Waals surface area contributed by atoms with Crippen LogP contribution in [0.3, 0.4) is 0 Å². The fourth-order valence-electron chi connectivity index (χ4n) is 6.18. The minimum atomic E-state index is -0.635. The van der Waals surface area contributed by atoms with Crippen LogP contribution < -0.4 is 10.9 Å². The van der Waals surface area contributed by atoms with Crippen LogP contribution in [-0.4, -0.2) is 32.0 Å². The standard InChI is InChI=1S/C21H26N6O2/c28-19(18(27-13-22-25-26-27)9-14-4-2-1-3-5-14)23-24-20(29)21-10-15-6-16(11-21)8-17(7-15)12-21/h1-5,13,15-18H,6-12H2,(H,23,28)(H,24,29). The summed E-state index contributed by atoms with van der Waals surface area (Å²) in [6.45, 7) is 0. The summed E-state index contributed by atoms with van der Waals surface area (Å²) < 4.78 is 1.43. The maximum atomic E-state index is 13.1. The number of hydrazine groups is 1. The van der Waals surface area contributed by atoms with Crippen molar-refractivity contribution in [3.05, 3.63) is 42.2 Å². The van der Waals surface area contributed by atoms with Crippen molar-refractivity contribution < 1.29 is 9.59 Å². The lowest BCUT2D eigenvalue weighted by Crippen LogP contribution is -2.57. The number of nitrogens with one attached hydrogen (secondary N) is 2. The molecule has 0 spiro atoms. The summed E-state index contributed by atoms with van der Waals surface area (Å²) in [5, 5.41) is 11.2. The van der Waals surface area contributed by atoms with Crippen molar-refractivity contribution >= 4 is 11.8 Å². The summed E-state index contributed by atoms with van der Waals surface area (Å²) in [6, 6.07) is 9.07. The Morgan fingerprint density at radius 3 is 2.28 bits per heavy atom. The zero-order valence-electron chi connectivity index (χ0n) is 16.3. The van der Waals surface area contributed by atoms with E-state index in [-0.39, 0.29) is 17.2 Å². The van der Waals surface area contributed by atoms with Crippen molar-refractivity contribution in [2.75, 3.05) is 0 Å². The summed E-state index contributed by atoms with van der Waals surface area (Å²) in [5.41, 5.74) is 6.10. The molecule has 2 aromatic rings. The fraction of sp³-hybridized carbons (Fsp3) is 0.571. The number of carbonyl (C=O) groups is 2. The Morgan fingerprint density at radius 1 is 1.03 bits per heavy atom. The zero-order valence-corrected chi connectivity index (χ0v) is 16.3. The molecule has 152 valence electrons. The van der Waals surface area contributed by atoms with Crippen LogP contribution in [0.2, 0.25) is 0 Å². The lowest BCUT2D eigenvalue weighted by Gasteiger charge is -2.55. The summed E-state index contributed by atoms with van der Waals surface area (Å²) in [7, 11) is 0. The fourth-order valence-corrected chi connectivity index (χ4v) is 6.18. The Labute approximate surface area is 169 Å². The van der Waals surface area contributed by atoms with Crippen molar-refractivity contribution in [1.82, 2.24) is 31.1 Å². The van der Waals surface area contributed by atoms with E-state index in [9.17, 15) is 9.59 Å². The summed E-state index contributed by atoms with van der Waals surface area (Å²) in [5.74, 6) is 1.68. The Hall–Kier alpha value is -2.77. The van der Waals surface area contributed by atoms with Gasteiger partial charge >= 0.3 is 0 Å². The Bertz CT molecular complexity index is 847. The third-order valence-corrected chi connectivity index (χ3v) is 7.08. The largest absolute Gasteiger partial charge is 0.273 e. The zero-order chi connectivity index (χ0) is 19.8. The van der Waals surface area contributed by atoms with Gasteiger partial charge in [-0.25, -0.2) is 4.68 Å². The topological polar surface area (TPSA) is 102 Å². The predicted molar refractivity (Wildman–Crippen MR) is 104 cm³/mol. The van der Waals surface area contributed by atoms with E-state index in [1.165, 1.54) is 30.3 Å². The van der Waals surface area contributed by atoms with E-state index in [1.807, 2.05) is 30.3 Å². The smallest absolute Gasteiger partial charge is 0.263 e. The molecule has 6 rings (SSSR count). The van der Waals surface area contributed by atoms with Crippen LogP contribution >= 0.6 is 0 Å². The highest BCUT2D eigenvalue weighted by Crippen LogP contribution is 2.60. The number of aromatic nitrogens is 4. The molecule has 1 aromatic carbocycles. The number of amides is 2. The highest BCUT2D eigenvalue weighted by molar-refractivity contribution is 5.87. The highest BCUT2D eigenvalue weighted by Gasteiger charge is 2.54. The molecule has 4 saturated carbocycles. The average Bonchev–Trinajstić information content (AvgIpc) is 3.24. The average molecular weight is 394 g/mol. The number of nitrogens with zero attached hydrogens (tertiary/aromatic N) is 4. The van der Waals surface area contributed by atoms with Gasteiger partial charge in [0, 0.05) is 6.42 Å². The molecule has 8 heteroatoms. The van der Waals surface area contributed by atoms with Gasteiger partial charge in [0.2, 0.25) is 5.91 Å². The van der Waals surface area contributed by atoms with E-state index < -0.39 is 6.04 Å². The van der Waals surface area contributed by atoms with Gasteiger partial charge in [-0.1, -0.05) is 30.3 Å². The lowest BCUT2D eigenvalue weighted by molar-refractivity contribution is -0.149. The Morgan fingerprint density at radius 2 is 1.69 bits per heavy atom. The summed E-state index contributed by atoms with van der Waals surface area (Å²) >= 11 is 0. The van der Waals surface area contributed by atoms with Gasteiger partial charge in [-0.3, -0.25) is 20.4 Å². The second kappa shape index (κ2) is 7.24. The van der Waals surface area contributed by atoms with Crippen LogP contribution in [0.25, 0.3) is 0 Å². The number of benzene rings is 1. The van der Waals surface area contributed by atoms with E-state index in [2.05, 4.69) is 26.4 Å². The molecule has 1 atom stereocenters. The molecule has 4 aliphatic rings. The van der Waals surface area contributed by atoms with Crippen LogP contribution in [0.1, 0.15) is 50.1 Å². The SMILES string of the molecule is O=C(NNC(=O)C12CC3CC(CC(C3)C1)C2)C(Cc1ccccc1)n1cnnn1. The maximum Gasteiger partial charge on any atom is 0.263 e. The van der Waals surface area contributed by atoms with E-state index in [1.54, 1.807) is 0 Å². The van der Waals surface area contributed by atoms with Gasteiger partial charge in [0.1, 0.15) is 12.4 Å². The molecule has 4 bridgehead atoms. The van der Waals surface area contributed by atoms with E-state index in [0.717, 1.165) is 24.8 Å². The molecule has 1 heterocycles. The van der Waals surface area contributed by atoms with Crippen molar-refractivity contribution in [3.8, 4) is 0 Å². The normalized spacial score (nSPS) is 30.7. The van der Waals surface area contributed by atoms with E-state index in [0.29, 0.717) is 24.2 Å². The molecule has 8 nitrogen and oxygen atoms in total. The van der Waals surface area contributed by atoms with Gasteiger partial charge in [0.05, 0.1) is 5.41 Å². The Balaban J connectivity index is 1.26. The number of hydrogen-bond donors (Lipinski definition) is 2. The maximum absolute atomic E-state index is 13.1. The first kappa shape index (κ1) is 18.3. The first-order valence-corrected chi connectivity index (χ1v) is 10.5. The van der Waals surface area contributed by atoms with Crippen LogP contribution in [-0.2, 0) is 16.0 Å². The number of tetrazole rings is 1. The molecule has 4 aliphatic carbocycles. The van der Waals surface area contributed by atoms with Crippen LogP contribution in [0.15, 0.2) is 36.7 Å². The van der Waals surface area contributed by atoms with Crippen molar-refractivity contribution in [3.63, 3.8) is 0 Å².